The van der Waals surface area contributed by atoms with Gasteiger partial charge in [0.15, 0.2) is 0 Å². The zero-order valence-corrected chi connectivity index (χ0v) is 14.5. The lowest BCUT2D eigenvalue weighted by atomic mass is 9.95. The summed E-state index contributed by atoms with van der Waals surface area (Å²) in [5.41, 5.74) is 2.30. The molecule has 2 rings (SSSR count). The zero-order valence-electron chi connectivity index (χ0n) is 14.5. The van der Waals surface area contributed by atoms with Crippen molar-refractivity contribution in [3.63, 3.8) is 0 Å². The Labute approximate surface area is 139 Å². The SMILES string of the molecule is CCCCN(Cc1cccn1C)C(=O)[C@H](CC)c1ccccc1. The Hall–Kier alpha value is -2.03. The zero-order chi connectivity index (χ0) is 16.7. The minimum Gasteiger partial charge on any atom is -0.353 e. The van der Waals surface area contributed by atoms with Crippen LogP contribution in [0.2, 0.25) is 0 Å². The van der Waals surface area contributed by atoms with Crippen LogP contribution in [0.5, 0.6) is 0 Å². The fourth-order valence-electron chi connectivity index (χ4n) is 2.93. The van der Waals surface area contributed by atoms with Crippen LogP contribution in [-0.2, 0) is 18.4 Å². The molecule has 0 bridgehead atoms. The number of aromatic nitrogens is 1. The van der Waals surface area contributed by atoms with Gasteiger partial charge >= 0.3 is 0 Å². The molecule has 0 aliphatic carbocycles. The van der Waals surface area contributed by atoms with Crippen LogP contribution < -0.4 is 0 Å². The standard InChI is InChI=1S/C20H28N2O/c1-4-6-15-22(16-18-13-10-14-21(18)3)20(23)19(5-2)17-11-8-7-9-12-17/h7-14,19H,4-6,15-16H2,1-3H3/t19-/m1/s1. The first kappa shape index (κ1) is 17.3. The van der Waals surface area contributed by atoms with Gasteiger partial charge in [-0.25, -0.2) is 0 Å². The molecule has 0 radical (unpaired) electrons. The van der Waals surface area contributed by atoms with Crippen LogP contribution in [0.4, 0.5) is 0 Å². The minimum atomic E-state index is -0.0478. The molecule has 1 atom stereocenters. The van der Waals surface area contributed by atoms with E-state index < -0.39 is 0 Å². The second-order valence-electron chi connectivity index (χ2n) is 6.10. The number of benzene rings is 1. The van der Waals surface area contributed by atoms with Gasteiger partial charge < -0.3 is 9.47 Å². The molecule has 0 aliphatic rings. The van der Waals surface area contributed by atoms with Crippen molar-refractivity contribution in [1.29, 1.82) is 0 Å². The number of hydrogen-bond donors (Lipinski definition) is 0. The predicted octanol–water partition coefficient (Wildman–Crippen LogP) is 4.35. The average Bonchev–Trinajstić information content (AvgIpc) is 2.98. The molecule has 1 amide bonds. The maximum Gasteiger partial charge on any atom is 0.230 e. The first-order chi connectivity index (χ1) is 11.2. The van der Waals surface area contributed by atoms with E-state index in [9.17, 15) is 4.79 Å². The normalized spacial score (nSPS) is 12.1. The highest BCUT2D eigenvalue weighted by Crippen LogP contribution is 2.23. The van der Waals surface area contributed by atoms with Gasteiger partial charge in [0.25, 0.3) is 0 Å². The van der Waals surface area contributed by atoms with E-state index in [0.717, 1.165) is 31.4 Å². The first-order valence-corrected chi connectivity index (χ1v) is 8.61. The van der Waals surface area contributed by atoms with E-state index in [4.69, 9.17) is 0 Å². The Kier molecular flexibility index (Phi) is 6.45. The van der Waals surface area contributed by atoms with E-state index >= 15 is 0 Å². The van der Waals surface area contributed by atoms with Gasteiger partial charge in [-0.3, -0.25) is 4.79 Å². The molecule has 0 saturated heterocycles. The monoisotopic (exact) mass is 312 g/mol. The number of nitrogens with zero attached hydrogens (tertiary/aromatic N) is 2. The molecule has 1 aromatic carbocycles. The third kappa shape index (κ3) is 4.47. The molecule has 124 valence electrons. The number of unbranched alkanes of at least 4 members (excludes halogenated alkanes) is 1. The number of amides is 1. The summed E-state index contributed by atoms with van der Waals surface area (Å²) in [4.78, 5) is 15.2. The second-order valence-corrected chi connectivity index (χ2v) is 6.10. The van der Waals surface area contributed by atoms with Crippen molar-refractivity contribution in [3.8, 4) is 0 Å². The molecule has 23 heavy (non-hydrogen) atoms. The van der Waals surface area contributed by atoms with E-state index in [0.29, 0.717) is 6.54 Å². The highest BCUT2D eigenvalue weighted by Gasteiger charge is 2.24. The van der Waals surface area contributed by atoms with Crippen LogP contribution in [0.1, 0.15) is 50.3 Å². The highest BCUT2D eigenvalue weighted by atomic mass is 16.2. The smallest absolute Gasteiger partial charge is 0.230 e. The van der Waals surface area contributed by atoms with Gasteiger partial charge in [-0.1, -0.05) is 50.6 Å². The van der Waals surface area contributed by atoms with E-state index in [1.54, 1.807) is 0 Å². The van der Waals surface area contributed by atoms with Gasteiger partial charge in [-0.2, -0.15) is 0 Å². The lowest BCUT2D eigenvalue weighted by molar-refractivity contribution is -0.133. The number of aryl methyl sites for hydroxylation is 1. The van der Waals surface area contributed by atoms with Crippen molar-refractivity contribution in [2.24, 2.45) is 7.05 Å². The van der Waals surface area contributed by atoms with Crippen molar-refractivity contribution in [2.45, 2.75) is 45.6 Å². The summed E-state index contributed by atoms with van der Waals surface area (Å²) in [7, 11) is 2.03. The molecule has 1 aromatic heterocycles. The Balaban J connectivity index is 2.19. The lowest BCUT2D eigenvalue weighted by Gasteiger charge is -2.27. The van der Waals surface area contributed by atoms with Crippen molar-refractivity contribution < 1.29 is 4.79 Å². The van der Waals surface area contributed by atoms with Gasteiger partial charge in [0.05, 0.1) is 12.5 Å². The van der Waals surface area contributed by atoms with Crippen molar-refractivity contribution in [3.05, 3.63) is 59.9 Å². The van der Waals surface area contributed by atoms with Crippen molar-refractivity contribution in [1.82, 2.24) is 9.47 Å². The van der Waals surface area contributed by atoms with E-state index in [1.165, 1.54) is 5.69 Å². The Morgan fingerprint density at radius 1 is 1.13 bits per heavy atom. The summed E-state index contributed by atoms with van der Waals surface area (Å²) in [6.07, 6.45) is 5.01. The average molecular weight is 312 g/mol. The topological polar surface area (TPSA) is 25.2 Å². The predicted molar refractivity (Wildman–Crippen MR) is 95.2 cm³/mol. The third-order valence-corrected chi connectivity index (χ3v) is 4.41. The fourth-order valence-corrected chi connectivity index (χ4v) is 2.93. The number of rotatable bonds is 8. The summed E-state index contributed by atoms with van der Waals surface area (Å²) >= 11 is 0. The molecule has 0 fully saturated rings. The lowest BCUT2D eigenvalue weighted by Crippen LogP contribution is -2.36. The van der Waals surface area contributed by atoms with Gasteiger partial charge in [-0.05, 0) is 30.5 Å². The number of carbonyl (C=O) groups excluding carboxylic acids is 1. The molecule has 0 spiro atoms. The Morgan fingerprint density at radius 3 is 2.43 bits per heavy atom. The summed E-state index contributed by atoms with van der Waals surface area (Å²) in [5, 5.41) is 0. The quantitative estimate of drug-likeness (QED) is 0.711. The van der Waals surface area contributed by atoms with Crippen LogP contribution in [0.3, 0.4) is 0 Å². The number of hydrogen-bond acceptors (Lipinski definition) is 1. The molecule has 0 saturated carbocycles. The molecule has 2 aromatic rings. The van der Waals surface area contributed by atoms with Gasteiger partial charge in [0.2, 0.25) is 5.91 Å². The van der Waals surface area contributed by atoms with Crippen molar-refractivity contribution >= 4 is 5.91 Å². The Morgan fingerprint density at radius 2 is 1.87 bits per heavy atom. The summed E-state index contributed by atoms with van der Waals surface area (Å²) < 4.78 is 2.09. The fraction of sp³-hybridized carbons (Fsp3) is 0.450. The maximum atomic E-state index is 13.1. The highest BCUT2D eigenvalue weighted by molar-refractivity contribution is 5.83. The van der Waals surface area contributed by atoms with Crippen LogP contribution >= 0.6 is 0 Å². The van der Waals surface area contributed by atoms with Gasteiger partial charge in [0, 0.05) is 25.5 Å². The van der Waals surface area contributed by atoms with Gasteiger partial charge in [0.1, 0.15) is 0 Å². The second kappa shape index (κ2) is 8.56. The van der Waals surface area contributed by atoms with Crippen LogP contribution in [0.25, 0.3) is 0 Å². The van der Waals surface area contributed by atoms with Crippen LogP contribution in [0, 0.1) is 0 Å². The molecule has 0 N–H and O–H groups in total. The third-order valence-electron chi connectivity index (χ3n) is 4.41. The minimum absolute atomic E-state index is 0.0478. The molecule has 0 aliphatic heterocycles. The van der Waals surface area contributed by atoms with E-state index in [-0.39, 0.29) is 11.8 Å². The van der Waals surface area contributed by atoms with Gasteiger partial charge in [-0.15, -0.1) is 0 Å². The van der Waals surface area contributed by atoms with E-state index in [1.807, 2.05) is 42.4 Å². The summed E-state index contributed by atoms with van der Waals surface area (Å²) in [6, 6.07) is 14.3. The summed E-state index contributed by atoms with van der Waals surface area (Å²) in [6.45, 7) is 5.77. The largest absolute Gasteiger partial charge is 0.353 e. The first-order valence-electron chi connectivity index (χ1n) is 8.61. The Bertz CT molecular complexity index is 603. The summed E-state index contributed by atoms with van der Waals surface area (Å²) in [5.74, 6) is 0.196. The number of carbonyl (C=O) groups is 1. The molecular formula is C20H28N2O. The molecule has 3 heteroatoms. The van der Waals surface area contributed by atoms with E-state index in [2.05, 4.69) is 36.6 Å². The molecular weight excluding hydrogens is 284 g/mol. The van der Waals surface area contributed by atoms with Crippen LogP contribution in [0.15, 0.2) is 48.7 Å². The van der Waals surface area contributed by atoms with Crippen molar-refractivity contribution in [2.75, 3.05) is 6.54 Å². The molecule has 1 heterocycles. The van der Waals surface area contributed by atoms with Crippen LogP contribution in [-0.4, -0.2) is 21.9 Å². The molecule has 0 unspecified atom stereocenters. The maximum absolute atomic E-state index is 13.1. The molecule has 3 nitrogen and oxygen atoms in total.